The molecule has 5 nitrogen and oxygen atoms in total. The summed E-state index contributed by atoms with van der Waals surface area (Å²) in [4.78, 5) is 12.1. The van der Waals surface area contributed by atoms with Crippen LogP contribution in [0.3, 0.4) is 0 Å². The fourth-order valence-electron chi connectivity index (χ4n) is 3.19. The Kier molecular flexibility index (Phi) is 7.36. The van der Waals surface area contributed by atoms with Crippen LogP contribution in [0.1, 0.15) is 46.6 Å². The van der Waals surface area contributed by atoms with Gasteiger partial charge in [-0.15, -0.1) is 23.1 Å². The summed E-state index contributed by atoms with van der Waals surface area (Å²) in [6, 6.07) is 6.53. The van der Waals surface area contributed by atoms with E-state index in [1.54, 1.807) is 23.1 Å². The number of rotatable bonds is 9. The van der Waals surface area contributed by atoms with Crippen LogP contribution in [-0.2, 0) is 9.47 Å². The van der Waals surface area contributed by atoms with Crippen molar-refractivity contribution in [2.75, 3.05) is 23.7 Å². The van der Waals surface area contributed by atoms with Gasteiger partial charge in [0, 0.05) is 24.5 Å². The minimum atomic E-state index is -0.311. The Balaban J connectivity index is 1.82. The molecule has 1 aliphatic rings. The monoisotopic (exact) mass is 421 g/mol. The summed E-state index contributed by atoms with van der Waals surface area (Å²) in [6.45, 7) is 14.5. The van der Waals surface area contributed by atoms with Crippen molar-refractivity contribution in [2.24, 2.45) is 4.99 Å². The fourth-order valence-corrected chi connectivity index (χ4v) is 5.32. The zero-order valence-corrected chi connectivity index (χ0v) is 19.3. The van der Waals surface area contributed by atoms with Crippen molar-refractivity contribution >= 4 is 44.0 Å². The first-order valence-corrected chi connectivity index (χ1v) is 11.9. The number of thioether (sulfide) groups is 1. The molecule has 0 amide bonds. The van der Waals surface area contributed by atoms with Gasteiger partial charge in [0.15, 0.2) is 6.29 Å². The van der Waals surface area contributed by atoms with Gasteiger partial charge >= 0.3 is 0 Å². The molecular weight excluding hydrogens is 390 g/mol. The molecule has 0 spiro atoms. The maximum absolute atomic E-state index is 5.99. The lowest BCUT2D eigenvalue weighted by molar-refractivity contribution is -0.187. The minimum Gasteiger partial charge on any atom is -0.372 e. The van der Waals surface area contributed by atoms with Crippen LogP contribution in [0.4, 0.5) is 5.69 Å². The molecule has 1 atom stereocenters. The van der Waals surface area contributed by atoms with E-state index < -0.39 is 0 Å². The molecule has 3 rings (SSSR count). The zero-order valence-electron chi connectivity index (χ0n) is 17.6. The molecule has 0 radical (unpaired) electrons. The largest absolute Gasteiger partial charge is 0.372 e. The van der Waals surface area contributed by atoms with Gasteiger partial charge in [0.1, 0.15) is 16.1 Å². The van der Waals surface area contributed by atoms with E-state index in [1.165, 1.54) is 10.4 Å². The topological polar surface area (TPSA) is 47.0 Å². The smallest absolute Gasteiger partial charge is 0.181 e. The highest BCUT2D eigenvalue weighted by Crippen LogP contribution is 2.33. The molecule has 0 aliphatic carbocycles. The van der Waals surface area contributed by atoms with E-state index in [0.29, 0.717) is 0 Å². The van der Waals surface area contributed by atoms with Gasteiger partial charge in [-0.2, -0.15) is 0 Å². The summed E-state index contributed by atoms with van der Waals surface area (Å²) >= 11 is 3.47. The number of benzene rings is 1. The van der Waals surface area contributed by atoms with Gasteiger partial charge in [-0.1, -0.05) is 0 Å². The quantitative estimate of drug-likeness (QED) is 0.522. The van der Waals surface area contributed by atoms with Crippen LogP contribution in [0, 0.1) is 0 Å². The minimum absolute atomic E-state index is 0.00282. The molecule has 154 valence electrons. The fraction of sp³-hybridized carbons (Fsp3) is 0.619. The zero-order chi connectivity index (χ0) is 20.3. The highest BCUT2D eigenvalue weighted by Gasteiger charge is 2.31. The second kappa shape index (κ2) is 9.57. The molecule has 1 aromatic carbocycles. The van der Waals surface area contributed by atoms with Crippen LogP contribution in [0.15, 0.2) is 23.2 Å². The van der Waals surface area contributed by atoms with Crippen molar-refractivity contribution in [3.05, 3.63) is 23.2 Å². The van der Waals surface area contributed by atoms with Crippen LogP contribution < -0.4 is 4.90 Å². The summed E-state index contributed by atoms with van der Waals surface area (Å²) in [5.41, 5.74) is 2.29. The number of hydrogen-bond donors (Lipinski definition) is 0. The van der Waals surface area contributed by atoms with Crippen LogP contribution in [0.2, 0.25) is 0 Å². The second-order valence-electron chi connectivity index (χ2n) is 7.39. The molecule has 0 fully saturated rings. The van der Waals surface area contributed by atoms with E-state index in [0.717, 1.165) is 34.4 Å². The number of thiazole rings is 1. The van der Waals surface area contributed by atoms with E-state index in [2.05, 4.69) is 36.9 Å². The summed E-state index contributed by atoms with van der Waals surface area (Å²) in [5.74, 6) is 0.861. The van der Waals surface area contributed by atoms with Gasteiger partial charge < -0.3 is 14.4 Å². The molecule has 2 heterocycles. The Morgan fingerprint density at radius 3 is 2.39 bits per heavy atom. The molecule has 28 heavy (non-hydrogen) atoms. The van der Waals surface area contributed by atoms with E-state index >= 15 is 0 Å². The van der Waals surface area contributed by atoms with Gasteiger partial charge in [-0.3, -0.25) is 4.99 Å². The third kappa shape index (κ3) is 5.06. The maximum atomic E-state index is 5.99. The molecule has 0 saturated heterocycles. The van der Waals surface area contributed by atoms with Crippen molar-refractivity contribution in [3.8, 4) is 0 Å². The lowest BCUT2D eigenvalue weighted by atomic mass is 10.2. The molecular formula is C21H31N3O2S2. The molecule has 0 saturated carbocycles. The van der Waals surface area contributed by atoms with Crippen molar-refractivity contribution in [1.82, 2.24) is 4.98 Å². The Labute approximate surface area is 176 Å². The van der Waals surface area contributed by atoms with Crippen molar-refractivity contribution in [1.29, 1.82) is 0 Å². The van der Waals surface area contributed by atoms with Crippen molar-refractivity contribution < 1.29 is 9.47 Å². The standard InChI is InChI=1S/C21H31N3O2S2/c1-7-24(8-2)15-9-10-16-18(11-15)28-20(22-16)19-23-17(12-27-19)21(25-13(3)4)26-14(5)6/h9-11,13-14,17,21H,7-8,12H2,1-6H3. The lowest BCUT2D eigenvalue weighted by Gasteiger charge is -2.25. The molecule has 1 aromatic heterocycles. The van der Waals surface area contributed by atoms with E-state index in [4.69, 9.17) is 19.5 Å². The SMILES string of the molecule is CCN(CC)c1ccc2nc(C3=NC(C(OC(C)C)OC(C)C)CS3)sc2c1. The molecule has 0 N–H and O–H groups in total. The second-order valence-corrected chi connectivity index (χ2v) is 9.43. The first kappa shape index (κ1) is 21.6. The average Bonchev–Trinajstić information content (AvgIpc) is 3.28. The van der Waals surface area contributed by atoms with Gasteiger partial charge in [0.05, 0.1) is 22.4 Å². The first-order valence-electron chi connectivity index (χ1n) is 10.1. The number of hydrogen-bond acceptors (Lipinski definition) is 7. The molecule has 2 aromatic rings. The maximum Gasteiger partial charge on any atom is 0.181 e. The van der Waals surface area contributed by atoms with Crippen LogP contribution in [-0.4, -0.2) is 53.4 Å². The number of nitrogens with zero attached hydrogens (tertiary/aromatic N) is 3. The highest BCUT2D eigenvalue weighted by molar-refractivity contribution is 8.15. The molecule has 7 heteroatoms. The Bertz CT molecular complexity index is 805. The highest BCUT2D eigenvalue weighted by atomic mass is 32.2. The third-order valence-corrected chi connectivity index (χ3v) is 6.72. The predicted molar refractivity (Wildman–Crippen MR) is 122 cm³/mol. The number of aliphatic imine (C=N–C) groups is 1. The molecule has 1 unspecified atom stereocenters. The van der Waals surface area contributed by atoms with Gasteiger partial charge in [-0.25, -0.2) is 4.98 Å². The Morgan fingerprint density at radius 2 is 1.79 bits per heavy atom. The van der Waals surface area contributed by atoms with E-state index in [-0.39, 0.29) is 24.5 Å². The molecule has 0 bridgehead atoms. The molecule has 1 aliphatic heterocycles. The lowest BCUT2D eigenvalue weighted by Crippen LogP contribution is -2.35. The number of aromatic nitrogens is 1. The summed E-state index contributed by atoms with van der Waals surface area (Å²) in [5, 5.41) is 1.99. The predicted octanol–water partition coefficient (Wildman–Crippen LogP) is 5.18. The Morgan fingerprint density at radius 1 is 1.11 bits per heavy atom. The number of fused-ring (bicyclic) bond motifs is 1. The number of ether oxygens (including phenoxy) is 2. The third-order valence-electron chi connectivity index (χ3n) is 4.48. The summed E-state index contributed by atoms with van der Waals surface area (Å²) in [7, 11) is 0. The Hall–Kier alpha value is -1.15. The first-order chi connectivity index (χ1) is 13.4. The average molecular weight is 422 g/mol. The van der Waals surface area contributed by atoms with Crippen LogP contribution >= 0.6 is 23.1 Å². The van der Waals surface area contributed by atoms with Gasteiger partial charge in [0.25, 0.3) is 0 Å². The van der Waals surface area contributed by atoms with Crippen LogP contribution in [0.5, 0.6) is 0 Å². The van der Waals surface area contributed by atoms with Gasteiger partial charge in [-0.05, 0) is 59.7 Å². The summed E-state index contributed by atoms with van der Waals surface area (Å²) < 4.78 is 13.2. The van der Waals surface area contributed by atoms with E-state index in [9.17, 15) is 0 Å². The van der Waals surface area contributed by atoms with Crippen molar-refractivity contribution in [3.63, 3.8) is 0 Å². The van der Waals surface area contributed by atoms with Crippen molar-refractivity contribution in [2.45, 2.75) is 66.1 Å². The number of anilines is 1. The van der Waals surface area contributed by atoms with Crippen LogP contribution in [0.25, 0.3) is 10.2 Å². The van der Waals surface area contributed by atoms with Gasteiger partial charge in [0.2, 0.25) is 0 Å². The summed E-state index contributed by atoms with van der Waals surface area (Å²) in [6.07, 6.45) is -0.100. The van der Waals surface area contributed by atoms with E-state index in [1.807, 2.05) is 27.7 Å². The normalized spacial score (nSPS) is 17.3.